The SMILES string of the molecule is CC1CCn2cc(CCN3CCCC3)nc2C1. The Hall–Kier alpha value is -0.830. The van der Waals surface area contributed by atoms with Crippen molar-refractivity contribution in [1.82, 2.24) is 14.5 Å². The Balaban J connectivity index is 1.60. The topological polar surface area (TPSA) is 21.1 Å². The summed E-state index contributed by atoms with van der Waals surface area (Å²) in [5, 5.41) is 0. The minimum atomic E-state index is 0.816. The molecule has 0 saturated carbocycles. The third kappa shape index (κ3) is 2.54. The lowest BCUT2D eigenvalue weighted by atomic mass is 10.0. The molecule has 0 amide bonds. The number of hydrogen-bond donors (Lipinski definition) is 0. The van der Waals surface area contributed by atoms with Gasteiger partial charge >= 0.3 is 0 Å². The molecule has 3 rings (SSSR count). The van der Waals surface area contributed by atoms with E-state index < -0.39 is 0 Å². The van der Waals surface area contributed by atoms with Crippen LogP contribution < -0.4 is 0 Å². The predicted octanol–water partition coefficient (Wildman–Crippen LogP) is 2.10. The van der Waals surface area contributed by atoms with Crippen molar-refractivity contribution >= 4 is 0 Å². The van der Waals surface area contributed by atoms with Gasteiger partial charge in [-0.25, -0.2) is 4.98 Å². The molecule has 1 aromatic rings. The number of hydrogen-bond acceptors (Lipinski definition) is 2. The zero-order valence-electron chi connectivity index (χ0n) is 10.9. The van der Waals surface area contributed by atoms with E-state index in [1.165, 1.54) is 63.4 Å². The first-order valence-electron chi connectivity index (χ1n) is 7.08. The van der Waals surface area contributed by atoms with E-state index in [9.17, 15) is 0 Å². The lowest BCUT2D eigenvalue weighted by Crippen LogP contribution is -2.22. The fraction of sp³-hybridized carbons (Fsp3) is 0.786. The molecule has 0 bridgehead atoms. The summed E-state index contributed by atoms with van der Waals surface area (Å²) in [5.74, 6) is 2.14. The molecule has 94 valence electrons. The van der Waals surface area contributed by atoms with Crippen LogP contribution in [-0.2, 0) is 19.4 Å². The quantitative estimate of drug-likeness (QED) is 0.797. The Bertz CT molecular complexity index is 377. The van der Waals surface area contributed by atoms with Gasteiger partial charge in [-0.05, 0) is 38.3 Å². The Morgan fingerprint density at radius 1 is 1.29 bits per heavy atom. The van der Waals surface area contributed by atoms with Crippen LogP contribution in [0.5, 0.6) is 0 Å². The molecule has 0 aliphatic carbocycles. The third-order valence-corrected chi connectivity index (χ3v) is 4.19. The molecule has 1 saturated heterocycles. The van der Waals surface area contributed by atoms with Crippen LogP contribution in [0.3, 0.4) is 0 Å². The molecule has 1 fully saturated rings. The van der Waals surface area contributed by atoms with Crippen molar-refractivity contribution in [2.45, 2.75) is 45.6 Å². The number of imidazole rings is 1. The molecular weight excluding hydrogens is 210 g/mol. The van der Waals surface area contributed by atoms with Gasteiger partial charge in [0.15, 0.2) is 0 Å². The van der Waals surface area contributed by atoms with Crippen molar-refractivity contribution in [2.75, 3.05) is 19.6 Å². The molecule has 1 unspecified atom stereocenters. The van der Waals surface area contributed by atoms with Gasteiger partial charge in [-0.2, -0.15) is 0 Å². The molecule has 3 heterocycles. The van der Waals surface area contributed by atoms with Gasteiger partial charge in [-0.3, -0.25) is 0 Å². The number of nitrogens with zero attached hydrogens (tertiary/aromatic N) is 3. The molecule has 1 aromatic heterocycles. The van der Waals surface area contributed by atoms with Gasteiger partial charge in [-0.1, -0.05) is 6.92 Å². The van der Waals surface area contributed by atoms with E-state index in [1.807, 2.05) is 0 Å². The first-order chi connectivity index (χ1) is 8.31. The van der Waals surface area contributed by atoms with Crippen LogP contribution in [0.4, 0.5) is 0 Å². The van der Waals surface area contributed by atoms with Crippen molar-refractivity contribution in [1.29, 1.82) is 0 Å². The number of aromatic nitrogens is 2. The third-order valence-electron chi connectivity index (χ3n) is 4.19. The van der Waals surface area contributed by atoms with E-state index in [0.717, 1.165) is 12.3 Å². The highest BCUT2D eigenvalue weighted by molar-refractivity contribution is 5.07. The summed E-state index contributed by atoms with van der Waals surface area (Å²) in [6, 6.07) is 0. The van der Waals surface area contributed by atoms with E-state index in [2.05, 4.69) is 22.6 Å². The number of aryl methyl sites for hydroxylation is 1. The summed E-state index contributed by atoms with van der Waals surface area (Å²) in [6.07, 6.45) is 8.68. The molecule has 1 atom stereocenters. The number of fused-ring (bicyclic) bond motifs is 1. The van der Waals surface area contributed by atoms with E-state index in [-0.39, 0.29) is 0 Å². The number of likely N-dealkylation sites (tertiary alicyclic amines) is 1. The average molecular weight is 233 g/mol. The van der Waals surface area contributed by atoms with Crippen molar-refractivity contribution in [3.05, 3.63) is 17.7 Å². The molecule has 0 radical (unpaired) electrons. The molecule has 3 heteroatoms. The second kappa shape index (κ2) is 4.81. The Labute approximate surface area is 104 Å². The maximum atomic E-state index is 4.80. The van der Waals surface area contributed by atoms with E-state index in [4.69, 9.17) is 4.98 Å². The Morgan fingerprint density at radius 3 is 2.94 bits per heavy atom. The summed E-state index contributed by atoms with van der Waals surface area (Å²) in [5.41, 5.74) is 1.31. The molecular formula is C14H23N3. The second-order valence-electron chi connectivity index (χ2n) is 5.74. The van der Waals surface area contributed by atoms with E-state index in [1.54, 1.807) is 0 Å². The molecule has 2 aliphatic heterocycles. The van der Waals surface area contributed by atoms with Crippen molar-refractivity contribution in [3.8, 4) is 0 Å². The molecule has 17 heavy (non-hydrogen) atoms. The average Bonchev–Trinajstić information content (AvgIpc) is 2.94. The summed E-state index contributed by atoms with van der Waals surface area (Å²) < 4.78 is 2.37. The first-order valence-corrected chi connectivity index (χ1v) is 7.08. The number of rotatable bonds is 3. The van der Waals surface area contributed by atoms with Crippen LogP contribution in [0.2, 0.25) is 0 Å². The van der Waals surface area contributed by atoms with Crippen LogP contribution in [0.15, 0.2) is 6.20 Å². The molecule has 0 spiro atoms. The molecule has 2 aliphatic rings. The van der Waals surface area contributed by atoms with E-state index >= 15 is 0 Å². The molecule has 0 aromatic carbocycles. The summed E-state index contributed by atoms with van der Waals surface area (Å²) in [6.45, 7) is 7.30. The fourth-order valence-electron chi connectivity index (χ4n) is 3.04. The van der Waals surface area contributed by atoms with Gasteiger partial charge in [0.1, 0.15) is 5.82 Å². The van der Waals surface area contributed by atoms with Gasteiger partial charge < -0.3 is 9.47 Å². The monoisotopic (exact) mass is 233 g/mol. The fourth-order valence-corrected chi connectivity index (χ4v) is 3.04. The maximum absolute atomic E-state index is 4.80. The highest BCUT2D eigenvalue weighted by atomic mass is 15.1. The zero-order valence-corrected chi connectivity index (χ0v) is 10.9. The normalized spacial score (nSPS) is 25.1. The summed E-state index contributed by atoms with van der Waals surface area (Å²) in [4.78, 5) is 7.37. The predicted molar refractivity (Wildman–Crippen MR) is 69.1 cm³/mol. The standard InChI is InChI=1S/C14H23N3/c1-12-4-9-17-11-13(15-14(17)10-12)5-8-16-6-2-3-7-16/h11-12H,2-10H2,1H3. The van der Waals surface area contributed by atoms with Gasteiger partial charge in [0, 0.05) is 32.1 Å². The molecule has 0 N–H and O–H groups in total. The van der Waals surface area contributed by atoms with E-state index in [0.29, 0.717) is 0 Å². The minimum Gasteiger partial charge on any atom is -0.335 e. The van der Waals surface area contributed by atoms with Crippen LogP contribution in [-0.4, -0.2) is 34.1 Å². The highest BCUT2D eigenvalue weighted by Crippen LogP contribution is 2.20. The largest absolute Gasteiger partial charge is 0.335 e. The van der Waals surface area contributed by atoms with Gasteiger partial charge in [0.05, 0.1) is 5.69 Å². The second-order valence-corrected chi connectivity index (χ2v) is 5.74. The smallest absolute Gasteiger partial charge is 0.109 e. The lowest BCUT2D eigenvalue weighted by molar-refractivity contribution is 0.342. The maximum Gasteiger partial charge on any atom is 0.109 e. The summed E-state index contributed by atoms with van der Waals surface area (Å²) >= 11 is 0. The van der Waals surface area contributed by atoms with Crippen LogP contribution in [0, 0.1) is 5.92 Å². The Kier molecular flexibility index (Phi) is 3.19. The van der Waals surface area contributed by atoms with Gasteiger partial charge in [0.2, 0.25) is 0 Å². The minimum absolute atomic E-state index is 0.816. The molecule has 3 nitrogen and oxygen atoms in total. The lowest BCUT2D eigenvalue weighted by Gasteiger charge is -2.18. The van der Waals surface area contributed by atoms with Gasteiger partial charge in [0.25, 0.3) is 0 Å². The summed E-state index contributed by atoms with van der Waals surface area (Å²) in [7, 11) is 0. The Morgan fingerprint density at radius 2 is 2.12 bits per heavy atom. The van der Waals surface area contributed by atoms with Crippen molar-refractivity contribution in [2.24, 2.45) is 5.92 Å². The van der Waals surface area contributed by atoms with Crippen LogP contribution >= 0.6 is 0 Å². The van der Waals surface area contributed by atoms with Crippen LogP contribution in [0.25, 0.3) is 0 Å². The van der Waals surface area contributed by atoms with Gasteiger partial charge in [-0.15, -0.1) is 0 Å². The van der Waals surface area contributed by atoms with Crippen molar-refractivity contribution < 1.29 is 0 Å². The zero-order chi connectivity index (χ0) is 11.7. The first kappa shape index (κ1) is 11.3. The van der Waals surface area contributed by atoms with Crippen molar-refractivity contribution in [3.63, 3.8) is 0 Å². The highest BCUT2D eigenvalue weighted by Gasteiger charge is 2.18. The van der Waals surface area contributed by atoms with Crippen LogP contribution in [0.1, 0.15) is 37.7 Å².